The molecule has 0 aliphatic rings. The van der Waals surface area contributed by atoms with Crippen molar-refractivity contribution in [2.75, 3.05) is 26.1 Å². The van der Waals surface area contributed by atoms with Crippen molar-refractivity contribution < 1.29 is 9.53 Å². The molecule has 0 unspecified atom stereocenters. The number of nitrogens with zero attached hydrogens (tertiary/aromatic N) is 2. The zero-order valence-electron chi connectivity index (χ0n) is 13.7. The molecule has 0 spiro atoms. The van der Waals surface area contributed by atoms with E-state index in [-0.39, 0.29) is 6.03 Å². The zero-order chi connectivity index (χ0) is 16.7. The molecule has 1 aromatic carbocycles. The molecule has 1 heterocycles. The summed E-state index contributed by atoms with van der Waals surface area (Å²) in [6.07, 6.45) is 1.74. The van der Waals surface area contributed by atoms with Crippen LogP contribution in [0.4, 0.5) is 10.6 Å². The normalized spacial score (nSPS) is 10.0. The Bertz CT molecular complexity index is 641. The van der Waals surface area contributed by atoms with Gasteiger partial charge in [0.05, 0.1) is 7.11 Å². The molecular formula is C17H22N4O2. The van der Waals surface area contributed by atoms with Crippen molar-refractivity contribution in [1.82, 2.24) is 15.6 Å². The number of nitrogens with one attached hydrogen (secondary N) is 2. The van der Waals surface area contributed by atoms with E-state index in [1.165, 1.54) is 0 Å². The maximum atomic E-state index is 11.9. The number of anilines is 1. The molecule has 0 radical (unpaired) electrons. The number of benzene rings is 1. The summed E-state index contributed by atoms with van der Waals surface area (Å²) >= 11 is 0. The molecule has 122 valence electrons. The van der Waals surface area contributed by atoms with E-state index < -0.39 is 0 Å². The number of ether oxygens (including phenoxy) is 1. The number of rotatable bonds is 6. The van der Waals surface area contributed by atoms with Gasteiger partial charge < -0.3 is 20.3 Å². The van der Waals surface area contributed by atoms with Gasteiger partial charge in [0.15, 0.2) is 0 Å². The minimum atomic E-state index is -0.205. The van der Waals surface area contributed by atoms with Gasteiger partial charge in [-0.3, -0.25) is 0 Å². The molecule has 2 amide bonds. The van der Waals surface area contributed by atoms with E-state index in [1.807, 2.05) is 55.4 Å². The lowest BCUT2D eigenvalue weighted by atomic mass is 10.2. The smallest absolute Gasteiger partial charge is 0.315 e. The lowest BCUT2D eigenvalue weighted by Gasteiger charge is -2.13. The quantitative estimate of drug-likeness (QED) is 0.857. The maximum Gasteiger partial charge on any atom is 0.315 e. The first-order chi connectivity index (χ1) is 11.1. The van der Waals surface area contributed by atoms with Crippen LogP contribution in [0.2, 0.25) is 0 Å². The van der Waals surface area contributed by atoms with Gasteiger partial charge in [-0.1, -0.05) is 12.1 Å². The first kappa shape index (κ1) is 16.6. The van der Waals surface area contributed by atoms with E-state index >= 15 is 0 Å². The van der Waals surface area contributed by atoms with Crippen molar-refractivity contribution in [2.24, 2.45) is 0 Å². The molecule has 0 aliphatic carbocycles. The molecule has 2 aromatic rings. The van der Waals surface area contributed by atoms with Crippen molar-refractivity contribution in [3.05, 3.63) is 53.7 Å². The molecular weight excluding hydrogens is 292 g/mol. The minimum Gasteiger partial charge on any atom is -0.497 e. The average molecular weight is 314 g/mol. The SMILES string of the molecule is COc1ccc(CNC(=O)NCc2ccnc(N(C)C)c2)cc1. The highest BCUT2D eigenvalue weighted by Gasteiger charge is 2.03. The predicted molar refractivity (Wildman–Crippen MR) is 90.6 cm³/mol. The third-order valence-corrected chi connectivity index (χ3v) is 3.33. The lowest BCUT2D eigenvalue weighted by molar-refractivity contribution is 0.240. The van der Waals surface area contributed by atoms with Crippen LogP contribution in [-0.4, -0.2) is 32.2 Å². The van der Waals surface area contributed by atoms with Gasteiger partial charge in [-0.2, -0.15) is 0 Å². The number of carbonyl (C=O) groups excluding carboxylic acids is 1. The van der Waals surface area contributed by atoms with Gasteiger partial charge in [-0.25, -0.2) is 9.78 Å². The molecule has 23 heavy (non-hydrogen) atoms. The van der Waals surface area contributed by atoms with Crippen molar-refractivity contribution in [3.8, 4) is 5.75 Å². The van der Waals surface area contributed by atoms with E-state index in [9.17, 15) is 4.79 Å². The van der Waals surface area contributed by atoms with Crippen LogP contribution in [0, 0.1) is 0 Å². The standard InChI is InChI=1S/C17H22N4O2/c1-21(2)16-10-14(8-9-18-16)12-20-17(22)19-11-13-4-6-15(23-3)7-5-13/h4-10H,11-12H2,1-3H3,(H2,19,20,22). The number of carbonyl (C=O) groups is 1. The Balaban J connectivity index is 1.79. The zero-order valence-corrected chi connectivity index (χ0v) is 13.7. The second-order valence-corrected chi connectivity index (χ2v) is 5.30. The van der Waals surface area contributed by atoms with Crippen LogP contribution < -0.4 is 20.3 Å². The van der Waals surface area contributed by atoms with Crippen LogP contribution in [0.3, 0.4) is 0 Å². The Hall–Kier alpha value is -2.76. The van der Waals surface area contributed by atoms with Crippen molar-refractivity contribution in [3.63, 3.8) is 0 Å². The van der Waals surface area contributed by atoms with Gasteiger partial charge in [0.2, 0.25) is 0 Å². The van der Waals surface area contributed by atoms with E-state index in [0.29, 0.717) is 13.1 Å². The highest BCUT2D eigenvalue weighted by atomic mass is 16.5. The molecule has 2 N–H and O–H groups in total. The van der Waals surface area contributed by atoms with Crippen LogP contribution in [0.15, 0.2) is 42.6 Å². The summed E-state index contributed by atoms with van der Waals surface area (Å²) in [7, 11) is 5.49. The summed E-state index contributed by atoms with van der Waals surface area (Å²) in [5.74, 6) is 1.66. The van der Waals surface area contributed by atoms with E-state index in [1.54, 1.807) is 13.3 Å². The van der Waals surface area contributed by atoms with Crippen LogP contribution in [0.5, 0.6) is 5.75 Å². The molecule has 0 fully saturated rings. The molecule has 0 atom stereocenters. The fraction of sp³-hybridized carbons (Fsp3) is 0.294. The van der Waals surface area contributed by atoms with Crippen molar-refractivity contribution >= 4 is 11.8 Å². The maximum absolute atomic E-state index is 11.9. The molecule has 1 aromatic heterocycles. The van der Waals surface area contributed by atoms with Crippen LogP contribution >= 0.6 is 0 Å². The largest absolute Gasteiger partial charge is 0.497 e. The molecule has 6 heteroatoms. The van der Waals surface area contributed by atoms with Gasteiger partial charge in [0, 0.05) is 33.4 Å². The van der Waals surface area contributed by atoms with Gasteiger partial charge in [-0.05, 0) is 35.4 Å². The highest BCUT2D eigenvalue weighted by molar-refractivity contribution is 5.73. The molecule has 6 nitrogen and oxygen atoms in total. The summed E-state index contributed by atoms with van der Waals surface area (Å²) in [4.78, 5) is 18.0. The van der Waals surface area contributed by atoms with Crippen LogP contribution in [-0.2, 0) is 13.1 Å². The number of methoxy groups -OCH3 is 1. The first-order valence-electron chi connectivity index (χ1n) is 7.35. The lowest BCUT2D eigenvalue weighted by Crippen LogP contribution is -2.34. The summed E-state index contributed by atoms with van der Waals surface area (Å²) in [6, 6.07) is 11.2. The number of hydrogen-bond acceptors (Lipinski definition) is 4. The average Bonchev–Trinajstić information content (AvgIpc) is 2.58. The molecule has 0 saturated carbocycles. The number of urea groups is 1. The fourth-order valence-electron chi connectivity index (χ4n) is 1.99. The third-order valence-electron chi connectivity index (χ3n) is 3.33. The highest BCUT2D eigenvalue weighted by Crippen LogP contribution is 2.11. The molecule has 0 bridgehead atoms. The predicted octanol–water partition coefficient (Wildman–Crippen LogP) is 2.16. The van der Waals surface area contributed by atoms with Gasteiger partial charge in [-0.15, -0.1) is 0 Å². The summed E-state index contributed by atoms with van der Waals surface area (Å²) in [5.41, 5.74) is 2.02. The second kappa shape index (κ2) is 8.03. The van der Waals surface area contributed by atoms with Crippen molar-refractivity contribution in [2.45, 2.75) is 13.1 Å². The summed E-state index contributed by atoms with van der Waals surface area (Å²) in [6.45, 7) is 0.924. The number of amides is 2. The Morgan fingerprint density at radius 2 is 1.74 bits per heavy atom. The van der Waals surface area contributed by atoms with Gasteiger partial charge >= 0.3 is 6.03 Å². The summed E-state index contributed by atoms with van der Waals surface area (Å²) < 4.78 is 5.10. The monoisotopic (exact) mass is 314 g/mol. The van der Waals surface area contributed by atoms with Gasteiger partial charge in [0.1, 0.15) is 11.6 Å². The molecule has 0 saturated heterocycles. The van der Waals surface area contributed by atoms with Crippen LogP contribution in [0.1, 0.15) is 11.1 Å². The summed E-state index contributed by atoms with van der Waals surface area (Å²) in [5, 5.41) is 5.66. The van der Waals surface area contributed by atoms with Crippen molar-refractivity contribution in [1.29, 1.82) is 0 Å². The molecule has 0 aliphatic heterocycles. The minimum absolute atomic E-state index is 0.205. The number of hydrogen-bond donors (Lipinski definition) is 2. The Morgan fingerprint density at radius 1 is 1.09 bits per heavy atom. The molecule has 2 rings (SSSR count). The third kappa shape index (κ3) is 5.18. The Kier molecular flexibility index (Phi) is 5.80. The van der Waals surface area contributed by atoms with Crippen LogP contribution in [0.25, 0.3) is 0 Å². The van der Waals surface area contributed by atoms with E-state index in [4.69, 9.17) is 4.74 Å². The fourth-order valence-corrected chi connectivity index (χ4v) is 1.99. The second-order valence-electron chi connectivity index (χ2n) is 5.30. The van der Waals surface area contributed by atoms with E-state index in [2.05, 4.69) is 15.6 Å². The van der Waals surface area contributed by atoms with Gasteiger partial charge in [0.25, 0.3) is 0 Å². The van der Waals surface area contributed by atoms with E-state index in [0.717, 1.165) is 22.7 Å². The Labute approximate surface area is 136 Å². The topological polar surface area (TPSA) is 66.5 Å². The number of aromatic nitrogens is 1. The Morgan fingerprint density at radius 3 is 2.35 bits per heavy atom. The number of pyridine rings is 1. The first-order valence-corrected chi connectivity index (χ1v) is 7.35.